The average Bonchev–Trinajstić information content (AvgIpc) is 2.42. The number of aliphatic carboxylic acids is 1. The van der Waals surface area contributed by atoms with E-state index >= 15 is 0 Å². The van der Waals surface area contributed by atoms with Crippen LogP contribution in [0, 0.1) is 5.41 Å². The molecule has 0 saturated carbocycles. The number of carbonyl (C=O) groups is 3. The Morgan fingerprint density at radius 1 is 1.57 bits per heavy atom. The molecule has 5 heteroatoms. The predicted octanol–water partition coefficient (Wildman–Crippen LogP) is 0.149. The molecule has 0 saturated heterocycles. The maximum atomic E-state index is 11.2. The van der Waals surface area contributed by atoms with E-state index < -0.39 is 23.1 Å². The summed E-state index contributed by atoms with van der Waals surface area (Å²) in [6.07, 6.45) is 1.02. The monoisotopic (exact) mass is 198 g/mol. The Morgan fingerprint density at radius 2 is 2.14 bits per heavy atom. The Bertz CT molecular complexity index is 341. The van der Waals surface area contributed by atoms with Crippen molar-refractivity contribution in [3.63, 3.8) is 0 Å². The van der Waals surface area contributed by atoms with Crippen molar-refractivity contribution in [2.75, 3.05) is 7.11 Å². The van der Waals surface area contributed by atoms with Gasteiger partial charge in [0.15, 0.2) is 5.78 Å². The Hall–Kier alpha value is -1.65. The third-order valence-corrected chi connectivity index (χ3v) is 2.17. The summed E-state index contributed by atoms with van der Waals surface area (Å²) in [5.74, 6) is -2.44. The van der Waals surface area contributed by atoms with Gasteiger partial charge >= 0.3 is 11.9 Å². The van der Waals surface area contributed by atoms with Crippen LogP contribution in [0.5, 0.6) is 0 Å². The van der Waals surface area contributed by atoms with E-state index in [4.69, 9.17) is 5.11 Å². The highest BCUT2D eigenvalue weighted by Crippen LogP contribution is 2.34. The van der Waals surface area contributed by atoms with Crippen LogP contribution in [-0.4, -0.2) is 29.9 Å². The summed E-state index contributed by atoms with van der Waals surface area (Å²) in [5, 5.41) is 8.63. The number of rotatable bonds is 2. The fourth-order valence-corrected chi connectivity index (χ4v) is 1.42. The van der Waals surface area contributed by atoms with Crippen LogP contribution in [0.4, 0.5) is 0 Å². The molecule has 0 radical (unpaired) electrons. The molecule has 76 valence electrons. The molecule has 1 aliphatic rings. The average molecular weight is 198 g/mol. The molecule has 0 amide bonds. The molecule has 5 nitrogen and oxygen atoms in total. The van der Waals surface area contributed by atoms with Crippen molar-refractivity contribution in [1.82, 2.24) is 0 Å². The predicted molar refractivity (Wildman–Crippen MR) is 45.5 cm³/mol. The minimum absolute atomic E-state index is 0.138. The normalized spacial score (nSPS) is 25.9. The molecule has 0 bridgehead atoms. The molecule has 14 heavy (non-hydrogen) atoms. The van der Waals surface area contributed by atoms with Crippen LogP contribution < -0.4 is 0 Å². The number of carbonyl (C=O) groups excluding carboxylic acids is 2. The SMILES string of the molecule is COC(=O)C1(C)C=C(C(=O)O)C(=O)C1. The summed E-state index contributed by atoms with van der Waals surface area (Å²) in [4.78, 5) is 33.0. The largest absolute Gasteiger partial charge is 0.478 e. The van der Waals surface area contributed by atoms with Crippen LogP contribution in [0.2, 0.25) is 0 Å². The number of hydrogen-bond acceptors (Lipinski definition) is 4. The number of carboxylic acid groups (broad SMARTS) is 1. The number of hydrogen-bond donors (Lipinski definition) is 1. The summed E-state index contributed by atoms with van der Waals surface area (Å²) in [6, 6.07) is 0. The van der Waals surface area contributed by atoms with Gasteiger partial charge in [-0.3, -0.25) is 9.59 Å². The summed E-state index contributed by atoms with van der Waals surface area (Å²) >= 11 is 0. The minimum atomic E-state index is -1.30. The van der Waals surface area contributed by atoms with Gasteiger partial charge in [-0.2, -0.15) is 0 Å². The lowest BCUT2D eigenvalue weighted by atomic mass is 9.90. The van der Waals surface area contributed by atoms with Crippen LogP contribution in [-0.2, 0) is 19.1 Å². The minimum Gasteiger partial charge on any atom is -0.478 e. The smallest absolute Gasteiger partial charge is 0.339 e. The zero-order valence-corrected chi connectivity index (χ0v) is 7.86. The van der Waals surface area contributed by atoms with E-state index in [9.17, 15) is 14.4 Å². The molecule has 1 rings (SSSR count). The third-order valence-electron chi connectivity index (χ3n) is 2.17. The van der Waals surface area contributed by atoms with E-state index in [1.165, 1.54) is 14.0 Å². The fourth-order valence-electron chi connectivity index (χ4n) is 1.42. The summed E-state index contributed by atoms with van der Waals surface area (Å²) in [7, 11) is 1.20. The van der Waals surface area contributed by atoms with Crippen molar-refractivity contribution in [1.29, 1.82) is 0 Å². The quantitative estimate of drug-likeness (QED) is 0.504. The van der Waals surface area contributed by atoms with Gasteiger partial charge in [-0.25, -0.2) is 4.79 Å². The van der Waals surface area contributed by atoms with Crippen LogP contribution >= 0.6 is 0 Å². The molecule has 1 atom stereocenters. The Morgan fingerprint density at radius 3 is 2.50 bits per heavy atom. The lowest BCUT2D eigenvalue weighted by Gasteiger charge is -2.16. The maximum absolute atomic E-state index is 11.2. The number of Topliss-reactive ketones (excluding diaryl/α,β-unsaturated/α-hetero) is 1. The first-order chi connectivity index (χ1) is 6.40. The van der Waals surface area contributed by atoms with Crippen molar-refractivity contribution < 1.29 is 24.2 Å². The van der Waals surface area contributed by atoms with E-state index in [-0.39, 0.29) is 12.0 Å². The van der Waals surface area contributed by atoms with Gasteiger partial charge in [-0.1, -0.05) is 0 Å². The van der Waals surface area contributed by atoms with Crippen molar-refractivity contribution in [2.45, 2.75) is 13.3 Å². The van der Waals surface area contributed by atoms with Gasteiger partial charge in [-0.15, -0.1) is 0 Å². The first kappa shape index (κ1) is 10.4. The van der Waals surface area contributed by atoms with Gasteiger partial charge in [0.05, 0.1) is 18.1 Å². The molecular weight excluding hydrogens is 188 g/mol. The molecule has 0 spiro atoms. The molecule has 0 aromatic rings. The van der Waals surface area contributed by atoms with Gasteiger partial charge in [0.25, 0.3) is 0 Å². The zero-order valence-electron chi connectivity index (χ0n) is 7.86. The summed E-state index contributed by atoms with van der Waals surface area (Å²) in [5.41, 5.74) is -1.46. The topological polar surface area (TPSA) is 80.7 Å². The van der Waals surface area contributed by atoms with Crippen molar-refractivity contribution >= 4 is 17.7 Å². The van der Waals surface area contributed by atoms with Crippen LogP contribution in [0.3, 0.4) is 0 Å². The molecule has 0 aromatic carbocycles. The second-order valence-corrected chi connectivity index (χ2v) is 3.37. The highest BCUT2D eigenvalue weighted by molar-refractivity contribution is 6.20. The molecule has 1 aliphatic carbocycles. The molecular formula is C9H10O5. The van der Waals surface area contributed by atoms with E-state index in [1.54, 1.807) is 0 Å². The van der Waals surface area contributed by atoms with E-state index in [0.717, 1.165) is 6.08 Å². The van der Waals surface area contributed by atoms with E-state index in [1.807, 2.05) is 0 Å². The van der Waals surface area contributed by atoms with Crippen molar-refractivity contribution in [3.8, 4) is 0 Å². The Labute approximate surface area is 80.4 Å². The molecule has 0 fully saturated rings. The van der Waals surface area contributed by atoms with Crippen LogP contribution in [0.15, 0.2) is 11.6 Å². The Balaban J connectivity index is 3.04. The van der Waals surface area contributed by atoms with Gasteiger partial charge in [0.2, 0.25) is 0 Å². The number of methoxy groups -OCH3 is 1. The number of esters is 1. The summed E-state index contributed by atoms with van der Waals surface area (Å²) < 4.78 is 4.48. The third kappa shape index (κ3) is 1.53. The molecule has 0 aromatic heterocycles. The Kier molecular flexibility index (Phi) is 2.42. The van der Waals surface area contributed by atoms with Gasteiger partial charge in [0, 0.05) is 6.42 Å². The highest BCUT2D eigenvalue weighted by atomic mass is 16.5. The zero-order chi connectivity index (χ0) is 10.9. The molecule has 1 N–H and O–H groups in total. The molecule has 0 heterocycles. The number of carboxylic acids is 1. The maximum Gasteiger partial charge on any atom is 0.339 e. The first-order valence-corrected chi connectivity index (χ1v) is 3.98. The highest BCUT2D eigenvalue weighted by Gasteiger charge is 2.43. The number of ketones is 1. The molecule has 0 aliphatic heterocycles. The first-order valence-electron chi connectivity index (χ1n) is 3.98. The molecule has 1 unspecified atom stereocenters. The number of ether oxygens (including phenoxy) is 1. The van der Waals surface area contributed by atoms with Crippen LogP contribution in [0.25, 0.3) is 0 Å². The van der Waals surface area contributed by atoms with E-state index in [0.29, 0.717) is 0 Å². The second kappa shape index (κ2) is 3.25. The van der Waals surface area contributed by atoms with Crippen molar-refractivity contribution in [2.24, 2.45) is 5.41 Å². The van der Waals surface area contributed by atoms with E-state index in [2.05, 4.69) is 4.74 Å². The lowest BCUT2D eigenvalue weighted by Crippen LogP contribution is -2.25. The second-order valence-electron chi connectivity index (χ2n) is 3.37. The van der Waals surface area contributed by atoms with Crippen molar-refractivity contribution in [3.05, 3.63) is 11.6 Å². The fraction of sp³-hybridized carbons (Fsp3) is 0.444. The standard InChI is InChI=1S/C9H10O5/c1-9(8(13)14-2)3-5(7(11)12)6(10)4-9/h3H,4H2,1-2H3,(H,11,12). The van der Waals surface area contributed by atoms with Gasteiger partial charge < -0.3 is 9.84 Å². The summed E-state index contributed by atoms with van der Waals surface area (Å²) in [6.45, 7) is 1.48. The van der Waals surface area contributed by atoms with Crippen LogP contribution in [0.1, 0.15) is 13.3 Å². The van der Waals surface area contributed by atoms with Gasteiger partial charge in [-0.05, 0) is 13.0 Å². The lowest BCUT2D eigenvalue weighted by molar-refractivity contribution is -0.150. The van der Waals surface area contributed by atoms with Gasteiger partial charge in [0.1, 0.15) is 0 Å².